The van der Waals surface area contributed by atoms with Crippen LogP contribution in [0.2, 0.25) is 0 Å². The van der Waals surface area contributed by atoms with Gasteiger partial charge in [-0.05, 0) is 48.4 Å². The smallest absolute Gasteiger partial charge is 0.231 e. The lowest BCUT2D eigenvalue weighted by Gasteiger charge is -2.12. The van der Waals surface area contributed by atoms with Gasteiger partial charge in [-0.2, -0.15) is 0 Å². The first-order valence-electron chi connectivity index (χ1n) is 8.78. The number of aryl methyl sites for hydroxylation is 1. The molecule has 0 saturated heterocycles. The SMILES string of the molecule is O=C(CCc1ccc2c(c1)OCO2)Nc1ccccc1Oc1ccccc1. The highest BCUT2D eigenvalue weighted by Gasteiger charge is 2.14. The number of carbonyl (C=O) groups is 1. The van der Waals surface area contributed by atoms with Crippen molar-refractivity contribution in [3.8, 4) is 23.0 Å². The standard InChI is InChI=1S/C22H19NO4/c24-22(13-11-16-10-12-20-21(14-16)26-15-25-20)23-18-8-4-5-9-19(18)27-17-6-2-1-3-7-17/h1-10,12,14H,11,13,15H2,(H,23,24). The van der Waals surface area contributed by atoms with E-state index < -0.39 is 0 Å². The topological polar surface area (TPSA) is 56.8 Å². The van der Waals surface area contributed by atoms with E-state index in [4.69, 9.17) is 14.2 Å². The van der Waals surface area contributed by atoms with Crippen LogP contribution in [0.3, 0.4) is 0 Å². The maximum atomic E-state index is 12.4. The van der Waals surface area contributed by atoms with Crippen molar-refractivity contribution in [2.75, 3.05) is 12.1 Å². The molecule has 0 aliphatic carbocycles. The van der Waals surface area contributed by atoms with Gasteiger partial charge in [0.1, 0.15) is 5.75 Å². The van der Waals surface area contributed by atoms with Crippen LogP contribution in [0.15, 0.2) is 72.8 Å². The molecule has 0 fully saturated rings. The number of benzene rings is 3. The summed E-state index contributed by atoms with van der Waals surface area (Å²) in [6.45, 7) is 0.247. The number of amides is 1. The molecule has 1 N–H and O–H groups in total. The number of ether oxygens (including phenoxy) is 3. The molecule has 1 amide bonds. The minimum Gasteiger partial charge on any atom is -0.455 e. The van der Waals surface area contributed by atoms with Crippen molar-refractivity contribution >= 4 is 11.6 Å². The lowest BCUT2D eigenvalue weighted by molar-refractivity contribution is -0.116. The van der Waals surface area contributed by atoms with E-state index >= 15 is 0 Å². The summed E-state index contributed by atoms with van der Waals surface area (Å²) in [5, 5.41) is 2.93. The second-order valence-corrected chi connectivity index (χ2v) is 6.15. The quantitative estimate of drug-likeness (QED) is 0.686. The molecule has 1 aliphatic rings. The molecular formula is C22H19NO4. The molecule has 3 aromatic carbocycles. The van der Waals surface area contributed by atoms with E-state index in [0.717, 1.165) is 22.8 Å². The third-order valence-corrected chi connectivity index (χ3v) is 4.21. The van der Waals surface area contributed by atoms with Crippen molar-refractivity contribution in [3.05, 3.63) is 78.4 Å². The van der Waals surface area contributed by atoms with Crippen molar-refractivity contribution in [1.82, 2.24) is 0 Å². The Labute approximate surface area is 157 Å². The average molecular weight is 361 g/mol. The van der Waals surface area contributed by atoms with Crippen molar-refractivity contribution in [3.63, 3.8) is 0 Å². The minimum absolute atomic E-state index is 0.0724. The molecule has 0 unspecified atom stereocenters. The molecule has 0 atom stereocenters. The van der Waals surface area contributed by atoms with E-state index in [1.165, 1.54) is 0 Å². The summed E-state index contributed by atoms with van der Waals surface area (Å²) in [5.74, 6) is 2.74. The van der Waals surface area contributed by atoms with Gasteiger partial charge >= 0.3 is 0 Å². The van der Waals surface area contributed by atoms with Crippen LogP contribution in [0, 0.1) is 0 Å². The van der Waals surface area contributed by atoms with Crippen LogP contribution in [0.1, 0.15) is 12.0 Å². The molecule has 1 aliphatic heterocycles. The number of hydrogen-bond donors (Lipinski definition) is 1. The lowest BCUT2D eigenvalue weighted by Crippen LogP contribution is -2.13. The lowest BCUT2D eigenvalue weighted by atomic mass is 10.1. The predicted molar refractivity (Wildman–Crippen MR) is 102 cm³/mol. The van der Waals surface area contributed by atoms with Crippen LogP contribution < -0.4 is 19.5 Å². The number of nitrogens with one attached hydrogen (secondary N) is 1. The van der Waals surface area contributed by atoms with Crippen LogP contribution in [-0.4, -0.2) is 12.7 Å². The summed E-state index contributed by atoms with van der Waals surface area (Å²) >= 11 is 0. The molecule has 0 bridgehead atoms. The number of para-hydroxylation sites is 3. The average Bonchev–Trinajstić information content (AvgIpc) is 3.17. The predicted octanol–water partition coefficient (Wildman–Crippen LogP) is 4.78. The molecule has 136 valence electrons. The fourth-order valence-electron chi connectivity index (χ4n) is 2.84. The maximum absolute atomic E-state index is 12.4. The second kappa shape index (κ2) is 7.83. The normalized spacial score (nSPS) is 11.9. The number of hydrogen-bond acceptors (Lipinski definition) is 4. The summed E-state index contributed by atoms with van der Waals surface area (Å²) in [6, 6.07) is 22.6. The third-order valence-electron chi connectivity index (χ3n) is 4.21. The zero-order valence-corrected chi connectivity index (χ0v) is 14.7. The summed E-state index contributed by atoms with van der Waals surface area (Å²) < 4.78 is 16.6. The molecule has 0 radical (unpaired) electrons. The van der Waals surface area contributed by atoms with Crippen molar-refractivity contribution in [2.45, 2.75) is 12.8 Å². The highest BCUT2D eigenvalue weighted by Crippen LogP contribution is 2.33. The molecule has 5 nitrogen and oxygen atoms in total. The molecule has 0 saturated carbocycles. The molecule has 4 rings (SSSR count). The fraction of sp³-hybridized carbons (Fsp3) is 0.136. The van der Waals surface area contributed by atoms with E-state index in [1.54, 1.807) is 0 Å². The first kappa shape index (κ1) is 17.0. The molecule has 27 heavy (non-hydrogen) atoms. The van der Waals surface area contributed by atoms with Crippen molar-refractivity contribution in [2.24, 2.45) is 0 Å². The van der Waals surface area contributed by atoms with Gasteiger partial charge < -0.3 is 19.5 Å². The number of carbonyl (C=O) groups excluding carboxylic acids is 1. The van der Waals surface area contributed by atoms with Gasteiger partial charge in [0.25, 0.3) is 0 Å². The Morgan fingerprint density at radius 3 is 2.59 bits per heavy atom. The third kappa shape index (κ3) is 4.20. The Morgan fingerprint density at radius 2 is 1.70 bits per heavy atom. The highest BCUT2D eigenvalue weighted by molar-refractivity contribution is 5.92. The Morgan fingerprint density at radius 1 is 0.926 bits per heavy atom. The number of rotatable bonds is 6. The van der Waals surface area contributed by atoms with Gasteiger partial charge in [0.2, 0.25) is 12.7 Å². The van der Waals surface area contributed by atoms with Gasteiger partial charge in [0.05, 0.1) is 5.69 Å². The van der Waals surface area contributed by atoms with Gasteiger partial charge in [0.15, 0.2) is 17.2 Å². The maximum Gasteiger partial charge on any atom is 0.231 e. The number of anilines is 1. The molecule has 5 heteroatoms. The first-order chi connectivity index (χ1) is 13.3. The first-order valence-corrected chi connectivity index (χ1v) is 8.78. The summed E-state index contributed by atoms with van der Waals surface area (Å²) in [7, 11) is 0. The Bertz CT molecular complexity index is 940. The molecule has 0 spiro atoms. The van der Waals surface area contributed by atoms with Gasteiger partial charge in [0, 0.05) is 6.42 Å². The summed E-state index contributed by atoms with van der Waals surface area (Å²) in [4.78, 5) is 12.4. The summed E-state index contributed by atoms with van der Waals surface area (Å²) in [6.07, 6.45) is 0.976. The van der Waals surface area contributed by atoms with Crippen LogP contribution in [0.5, 0.6) is 23.0 Å². The van der Waals surface area contributed by atoms with Gasteiger partial charge in [-0.1, -0.05) is 36.4 Å². The molecule has 1 heterocycles. The van der Waals surface area contributed by atoms with Gasteiger partial charge in [-0.15, -0.1) is 0 Å². The van der Waals surface area contributed by atoms with Crippen LogP contribution >= 0.6 is 0 Å². The zero-order valence-electron chi connectivity index (χ0n) is 14.7. The minimum atomic E-state index is -0.0724. The van der Waals surface area contributed by atoms with E-state index in [1.807, 2.05) is 72.8 Å². The molecule has 3 aromatic rings. The van der Waals surface area contributed by atoms with Crippen LogP contribution in [0.4, 0.5) is 5.69 Å². The van der Waals surface area contributed by atoms with Crippen molar-refractivity contribution in [1.29, 1.82) is 0 Å². The Kier molecular flexibility index (Phi) is 4.92. The van der Waals surface area contributed by atoms with Crippen molar-refractivity contribution < 1.29 is 19.0 Å². The zero-order chi connectivity index (χ0) is 18.5. The Balaban J connectivity index is 1.38. The summed E-state index contributed by atoms with van der Waals surface area (Å²) in [5.41, 5.74) is 1.68. The van der Waals surface area contributed by atoms with Gasteiger partial charge in [-0.3, -0.25) is 4.79 Å². The molecule has 0 aromatic heterocycles. The van der Waals surface area contributed by atoms with Gasteiger partial charge in [-0.25, -0.2) is 0 Å². The monoisotopic (exact) mass is 361 g/mol. The van der Waals surface area contributed by atoms with Crippen LogP contribution in [-0.2, 0) is 11.2 Å². The largest absolute Gasteiger partial charge is 0.455 e. The van der Waals surface area contributed by atoms with E-state index in [0.29, 0.717) is 24.3 Å². The fourth-order valence-corrected chi connectivity index (χ4v) is 2.84. The molecular weight excluding hydrogens is 342 g/mol. The Hall–Kier alpha value is -3.47. The second-order valence-electron chi connectivity index (χ2n) is 6.15. The number of fused-ring (bicyclic) bond motifs is 1. The highest BCUT2D eigenvalue weighted by atomic mass is 16.7. The van der Waals surface area contributed by atoms with E-state index in [9.17, 15) is 4.79 Å². The van der Waals surface area contributed by atoms with E-state index in [-0.39, 0.29) is 12.7 Å². The van der Waals surface area contributed by atoms with E-state index in [2.05, 4.69) is 5.32 Å². The van der Waals surface area contributed by atoms with Crippen LogP contribution in [0.25, 0.3) is 0 Å².